The summed E-state index contributed by atoms with van der Waals surface area (Å²) in [7, 11) is 1.37. The van der Waals surface area contributed by atoms with Gasteiger partial charge in [0.2, 0.25) is 11.8 Å². The number of allylic oxidation sites excluding steroid dienone is 6. The molecule has 1 aromatic rings. The normalized spacial score (nSPS) is 26.6. The zero-order valence-electron chi connectivity index (χ0n) is 20.8. The van der Waals surface area contributed by atoms with Crippen molar-refractivity contribution in [2.75, 3.05) is 13.7 Å². The first-order valence-electron chi connectivity index (χ1n) is 12.4. The zero-order chi connectivity index (χ0) is 27.5. The number of nitrogens with zero attached hydrogens (tertiary/aromatic N) is 1. The van der Waals surface area contributed by atoms with E-state index in [-0.39, 0.29) is 72.1 Å². The summed E-state index contributed by atoms with van der Waals surface area (Å²) in [4.78, 5) is 65.5. The molecule has 1 aliphatic heterocycles. The summed E-state index contributed by atoms with van der Waals surface area (Å²) in [6.07, 6.45) is 3.59. The van der Waals surface area contributed by atoms with Gasteiger partial charge in [0.25, 0.3) is 0 Å². The first-order chi connectivity index (χ1) is 18.0. The number of fused-ring (bicyclic) bond motifs is 3. The van der Waals surface area contributed by atoms with Crippen molar-refractivity contribution < 1.29 is 38.9 Å². The van der Waals surface area contributed by atoms with Crippen LogP contribution < -0.4 is 4.74 Å². The molecule has 2 N–H and O–H groups in total. The van der Waals surface area contributed by atoms with Gasteiger partial charge in [-0.05, 0) is 55.9 Å². The van der Waals surface area contributed by atoms with Gasteiger partial charge in [-0.3, -0.25) is 28.9 Å². The van der Waals surface area contributed by atoms with Crippen molar-refractivity contribution in [2.24, 2.45) is 17.8 Å². The molecule has 38 heavy (non-hydrogen) atoms. The van der Waals surface area contributed by atoms with Crippen molar-refractivity contribution in [1.82, 2.24) is 4.90 Å². The first kappa shape index (κ1) is 25.9. The van der Waals surface area contributed by atoms with Crippen LogP contribution in [0.2, 0.25) is 5.02 Å². The number of likely N-dealkylation sites (tertiary alicyclic amines) is 1. The van der Waals surface area contributed by atoms with E-state index in [4.69, 9.17) is 21.4 Å². The van der Waals surface area contributed by atoms with Gasteiger partial charge in [0.1, 0.15) is 0 Å². The molecule has 10 heteroatoms. The van der Waals surface area contributed by atoms with E-state index in [2.05, 4.69) is 0 Å². The van der Waals surface area contributed by atoms with Crippen LogP contribution in [0.5, 0.6) is 11.5 Å². The number of phenols is 1. The van der Waals surface area contributed by atoms with Gasteiger partial charge in [0.05, 0.1) is 24.0 Å². The smallest absolute Gasteiger partial charge is 0.303 e. The SMILES string of the molecule is COc1cc([C@H]2C3=CC[C@@H]4C(=O)N(CCCC(=O)O)C(=O)[C@@H]4[C@@H]3CC3=C2C(=O)C=C(C)C3=O)cc(Cl)c1O. The Morgan fingerprint density at radius 3 is 2.58 bits per heavy atom. The number of aliphatic carboxylic acids is 1. The average molecular weight is 540 g/mol. The number of ether oxygens (including phenoxy) is 1. The first-order valence-corrected chi connectivity index (χ1v) is 12.8. The molecule has 2 amide bonds. The summed E-state index contributed by atoms with van der Waals surface area (Å²) in [5.41, 5.74) is 2.20. The van der Waals surface area contributed by atoms with E-state index >= 15 is 0 Å². The second-order valence-electron chi connectivity index (χ2n) is 10.1. The number of carbonyl (C=O) groups is 5. The van der Waals surface area contributed by atoms with Gasteiger partial charge >= 0.3 is 5.97 Å². The lowest BCUT2D eigenvalue weighted by molar-refractivity contribution is -0.142. The van der Waals surface area contributed by atoms with Gasteiger partial charge in [-0.2, -0.15) is 0 Å². The molecule has 9 nitrogen and oxygen atoms in total. The number of ketones is 2. The third-order valence-corrected chi connectivity index (χ3v) is 8.32. The van der Waals surface area contributed by atoms with Crippen LogP contribution in [0, 0.1) is 17.8 Å². The van der Waals surface area contributed by atoms with E-state index in [1.165, 1.54) is 19.3 Å². The number of rotatable bonds is 6. The summed E-state index contributed by atoms with van der Waals surface area (Å²) in [5, 5.41) is 19.3. The standard InChI is InChI=1S/C28H26ClNO8/c1-12-8-19(31)24-17(25(12)34)11-16-14(22(24)13-9-18(29)26(35)20(10-13)38-2)5-6-15-23(16)28(37)30(27(15)36)7-3-4-21(32)33/h5,8-10,15-16,22-23,35H,3-4,6-7,11H2,1-2H3,(H,32,33)/t15-,16+,22-,23-/m0/s1. The number of hydrogen-bond donors (Lipinski definition) is 2. The van der Waals surface area contributed by atoms with Gasteiger partial charge in [-0.15, -0.1) is 0 Å². The Morgan fingerprint density at radius 2 is 1.89 bits per heavy atom. The molecule has 3 aliphatic carbocycles. The average Bonchev–Trinajstić information content (AvgIpc) is 3.12. The van der Waals surface area contributed by atoms with Crippen molar-refractivity contribution in [3.8, 4) is 11.5 Å². The highest BCUT2D eigenvalue weighted by Crippen LogP contribution is 2.56. The van der Waals surface area contributed by atoms with E-state index in [1.54, 1.807) is 13.0 Å². The number of hydrogen-bond acceptors (Lipinski definition) is 7. The van der Waals surface area contributed by atoms with E-state index in [9.17, 15) is 29.1 Å². The van der Waals surface area contributed by atoms with Crippen molar-refractivity contribution in [3.63, 3.8) is 0 Å². The molecule has 4 atom stereocenters. The molecule has 0 unspecified atom stereocenters. The van der Waals surface area contributed by atoms with E-state index in [0.29, 0.717) is 22.3 Å². The number of amides is 2. The highest BCUT2D eigenvalue weighted by Gasteiger charge is 2.56. The number of halogens is 1. The van der Waals surface area contributed by atoms with Crippen LogP contribution in [0.3, 0.4) is 0 Å². The third kappa shape index (κ3) is 3.96. The lowest BCUT2D eigenvalue weighted by atomic mass is 9.59. The molecule has 0 aromatic heterocycles. The number of phenolic OH excluding ortho intramolecular Hbond substituents is 1. The molecule has 0 saturated carbocycles. The Hall–Kier alpha value is -3.72. The monoisotopic (exact) mass is 539 g/mol. The molecule has 1 fully saturated rings. The van der Waals surface area contributed by atoms with Gasteiger partial charge < -0.3 is 14.9 Å². The number of carbonyl (C=O) groups excluding carboxylic acids is 4. The van der Waals surface area contributed by atoms with Crippen LogP contribution in [0.15, 0.2) is 46.6 Å². The summed E-state index contributed by atoms with van der Waals surface area (Å²) in [6, 6.07) is 3.08. The van der Waals surface area contributed by atoms with Crippen molar-refractivity contribution in [2.45, 2.75) is 38.5 Å². The van der Waals surface area contributed by atoms with Crippen molar-refractivity contribution in [3.05, 3.63) is 57.2 Å². The predicted molar refractivity (Wildman–Crippen MR) is 135 cm³/mol. The largest absolute Gasteiger partial charge is 0.503 e. The molecule has 1 aromatic carbocycles. The zero-order valence-corrected chi connectivity index (χ0v) is 21.6. The molecule has 5 rings (SSSR count). The molecule has 0 spiro atoms. The maximum absolute atomic E-state index is 13.6. The second kappa shape index (κ2) is 9.54. The molecular weight excluding hydrogens is 514 g/mol. The van der Waals surface area contributed by atoms with E-state index in [1.807, 2.05) is 6.08 Å². The molecule has 4 aliphatic rings. The fourth-order valence-corrected chi connectivity index (χ4v) is 6.57. The minimum atomic E-state index is -1.01. The number of carboxylic acids is 1. The lowest BCUT2D eigenvalue weighted by Crippen LogP contribution is -2.39. The number of carboxylic acid groups (broad SMARTS) is 1. The fraction of sp³-hybridized carbons (Fsp3) is 0.393. The van der Waals surface area contributed by atoms with Crippen molar-refractivity contribution >= 4 is 41.0 Å². The Bertz CT molecular complexity index is 1400. The summed E-state index contributed by atoms with van der Waals surface area (Å²) < 4.78 is 5.28. The number of benzene rings is 1. The van der Waals surface area contributed by atoms with Gasteiger partial charge in [0.15, 0.2) is 23.1 Å². The molecule has 1 saturated heterocycles. The predicted octanol–water partition coefficient (Wildman–Crippen LogP) is 3.35. The second-order valence-corrected chi connectivity index (χ2v) is 10.5. The van der Waals surface area contributed by atoms with Crippen LogP contribution in [-0.4, -0.2) is 58.1 Å². The topological polar surface area (TPSA) is 138 Å². The lowest BCUT2D eigenvalue weighted by Gasteiger charge is -2.42. The van der Waals surface area contributed by atoms with Crippen LogP contribution in [0.4, 0.5) is 0 Å². The Labute approximate surface area is 223 Å². The van der Waals surface area contributed by atoms with Crippen LogP contribution in [-0.2, 0) is 24.0 Å². The summed E-state index contributed by atoms with van der Waals surface area (Å²) in [6.45, 7) is 1.59. The minimum absolute atomic E-state index is 0.0101. The Morgan fingerprint density at radius 1 is 1.16 bits per heavy atom. The van der Waals surface area contributed by atoms with Crippen molar-refractivity contribution in [1.29, 1.82) is 0 Å². The highest BCUT2D eigenvalue weighted by molar-refractivity contribution is 6.32. The molecular formula is C28H26ClNO8. The quantitative estimate of drug-likeness (QED) is 0.319. The van der Waals surface area contributed by atoms with E-state index < -0.39 is 29.6 Å². The van der Waals surface area contributed by atoms with Crippen LogP contribution in [0.25, 0.3) is 0 Å². The molecule has 0 bridgehead atoms. The number of methoxy groups -OCH3 is 1. The Kier molecular flexibility index (Phi) is 6.51. The number of aromatic hydroxyl groups is 1. The van der Waals surface area contributed by atoms with Crippen LogP contribution >= 0.6 is 11.6 Å². The third-order valence-electron chi connectivity index (χ3n) is 8.03. The molecule has 198 valence electrons. The summed E-state index contributed by atoms with van der Waals surface area (Å²) >= 11 is 6.30. The fourth-order valence-electron chi connectivity index (χ4n) is 6.35. The Balaban J connectivity index is 1.61. The number of Topliss-reactive ketones (excluding diaryl/α,β-unsaturated/α-hetero) is 1. The van der Waals surface area contributed by atoms with Gasteiger partial charge in [0, 0.05) is 35.6 Å². The number of imide groups is 1. The van der Waals surface area contributed by atoms with Crippen LogP contribution in [0.1, 0.15) is 44.1 Å². The molecule has 1 heterocycles. The van der Waals surface area contributed by atoms with Gasteiger partial charge in [-0.25, -0.2) is 0 Å². The maximum atomic E-state index is 13.6. The highest BCUT2D eigenvalue weighted by atomic mass is 35.5. The maximum Gasteiger partial charge on any atom is 0.303 e. The molecule has 0 radical (unpaired) electrons. The van der Waals surface area contributed by atoms with Gasteiger partial charge in [-0.1, -0.05) is 23.3 Å². The minimum Gasteiger partial charge on any atom is -0.503 e. The van der Waals surface area contributed by atoms with E-state index in [0.717, 1.165) is 10.5 Å². The summed E-state index contributed by atoms with van der Waals surface area (Å²) in [5.74, 6) is -5.06.